The zero-order valence-electron chi connectivity index (χ0n) is 17.8. The van der Waals surface area contributed by atoms with E-state index in [2.05, 4.69) is 15.6 Å². The van der Waals surface area contributed by atoms with Crippen LogP contribution in [0.4, 0.5) is 14.5 Å². The fourth-order valence-electron chi connectivity index (χ4n) is 3.45. The third-order valence-electron chi connectivity index (χ3n) is 4.91. The lowest BCUT2D eigenvalue weighted by Gasteiger charge is -2.21. The smallest absolute Gasteiger partial charge is 0.305 e. The number of ether oxygens (including phenoxy) is 1. The maximum atomic E-state index is 14.0. The monoisotopic (exact) mass is 538 g/mol. The van der Waals surface area contributed by atoms with Gasteiger partial charge in [0.15, 0.2) is 5.96 Å². The molecule has 0 spiro atoms. The van der Waals surface area contributed by atoms with Crippen LogP contribution in [0.5, 0.6) is 0 Å². The Kier molecular flexibility index (Phi) is 12.6. The Bertz CT molecular complexity index is 671. The van der Waals surface area contributed by atoms with Gasteiger partial charge < -0.3 is 20.3 Å². The molecule has 1 saturated heterocycles. The molecule has 0 amide bonds. The number of guanidine groups is 1. The Hall–Kier alpha value is -1.65. The molecule has 1 aromatic rings. The predicted octanol–water partition coefficient (Wildman–Crippen LogP) is 3.84. The second-order valence-corrected chi connectivity index (χ2v) is 7.11. The molecule has 2 N–H and O–H groups in total. The third-order valence-corrected chi connectivity index (χ3v) is 4.91. The van der Waals surface area contributed by atoms with Gasteiger partial charge in [0.2, 0.25) is 0 Å². The van der Waals surface area contributed by atoms with Gasteiger partial charge in [-0.2, -0.15) is 0 Å². The quantitative estimate of drug-likeness (QED) is 0.156. The molecule has 0 radical (unpaired) electrons. The summed E-state index contributed by atoms with van der Waals surface area (Å²) in [5, 5.41) is 6.60. The molecule has 1 heterocycles. The lowest BCUT2D eigenvalue weighted by Crippen LogP contribution is -2.45. The van der Waals surface area contributed by atoms with E-state index < -0.39 is 11.6 Å². The van der Waals surface area contributed by atoms with Gasteiger partial charge in [-0.1, -0.05) is 18.9 Å². The molecule has 0 aromatic heterocycles. The first-order chi connectivity index (χ1) is 14.0. The highest BCUT2D eigenvalue weighted by molar-refractivity contribution is 14.0. The summed E-state index contributed by atoms with van der Waals surface area (Å²) in [6.45, 7) is 4.13. The van der Waals surface area contributed by atoms with Crippen LogP contribution >= 0.6 is 24.0 Å². The maximum absolute atomic E-state index is 14.0. The van der Waals surface area contributed by atoms with E-state index in [0.29, 0.717) is 32.1 Å². The average Bonchev–Trinajstić information content (AvgIpc) is 3.14. The standard InChI is InChI=1S/C21H32F2N4O2.HI/c1-3-29-19(28)11-6-4-5-7-13-25-21(24-2)26-16-12-14-27(15-16)20-17(22)9-8-10-18(20)23;/h8-10,16H,3-7,11-15H2,1-2H3,(H2,24,25,26);1H. The number of nitrogens with one attached hydrogen (secondary N) is 2. The Morgan fingerprint density at radius 1 is 1.23 bits per heavy atom. The number of benzene rings is 1. The van der Waals surface area contributed by atoms with Crippen molar-refractivity contribution in [3.8, 4) is 0 Å². The van der Waals surface area contributed by atoms with Crippen molar-refractivity contribution >= 4 is 41.6 Å². The van der Waals surface area contributed by atoms with Crippen molar-refractivity contribution in [2.45, 2.75) is 51.5 Å². The molecule has 170 valence electrons. The highest BCUT2D eigenvalue weighted by Crippen LogP contribution is 2.26. The van der Waals surface area contributed by atoms with Gasteiger partial charge in [-0.15, -0.1) is 24.0 Å². The number of carbonyl (C=O) groups is 1. The minimum atomic E-state index is -0.531. The zero-order valence-corrected chi connectivity index (χ0v) is 20.1. The van der Waals surface area contributed by atoms with E-state index in [0.717, 1.165) is 38.6 Å². The molecule has 1 aliphatic heterocycles. The number of nitrogens with zero attached hydrogens (tertiary/aromatic N) is 2. The van der Waals surface area contributed by atoms with Crippen molar-refractivity contribution in [3.63, 3.8) is 0 Å². The molecule has 0 saturated carbocycles. The molecule has 9 heteroatoms. The number of anilines is 1. The number of unbranched alkanes of at least 4 members (excludes halogenated alkanes) is 3. The lowest BCUT2D eigenvalue weighted by molar-refractivity contribution is -0.143. The Balaban J connectivity index is 0.00000450. The van der Waals surface area contributed by atoms with Crippen LogP contribution in [0, 0.1) is 11.6 Å². The molecule has 6 nitrogen and oxygen atoms in total. The van der Waals surface area contributed by atoms with Crippen LogP contribution in [0.25, 0.3) is 0 Å². The number of hydrogen-bond acceptors (Lipinski definition) is 4. The van der Waals surface area contributed by atoms with Crippen molar-refractivity contribution in [1.82, 2.24) is 10.6 Å². The van der Waals surface area contributed by atoms with E-state index in [9.17, 15) is 13.6 Å². The Morgan fingerprint density at radius 2 is 1.93 bits per heavy atom. The van der Waals surface area contributed by atoms with E-state index in [-0.39, 0.29) is 41.7 Å². The summed E-state index contributed by atoms with van der Waals surface area (Å²) in [7, 11) is 1.71. The first-order valence-corrected chi connectivity index (χ1v) is 10.4. The van der Waals surface area contributed by atoms with Crippen LogP contribution in [0.15, 0.2) is 23.2 Å². The van der Waals surface area contributed by atoms with Crippen LogP contribution in [0.1, 0.15) is 45.4 Å². The number of rotatable bonds is 10. The van der Waals surface area contributed by atoms with Gasteiger partial charge in [0.25, 0.3) is 0 Å². The number of hydrogen-bond donors (Lipinski definition) is 2. The van der Waals surface area contributed by atoms with Crippen molar-refractivity contribution in [2.24, 2.45) is 4.99 Å². The van der Waals surface area contributed by atoms with Crippen LogP contribution in [0.2, 0.25) is 0 Å². The molecule has 1 aliphatic rings. The highest BCUT2D eigenvalue weighted by Gasteiger charge is 2.27. The summed E-state index contributed by atoms with van der Waals surface area (Å²) in [4.78, 5) is 17.2. The molecule has 30 heavy (non-hydrogen) atoms. The number of carbonyl (C=O) groups excluding carboxylic acids is 1. The van der Waals surface area contributed by atoms with Gasteiger partial charge in [-0.3, -0.25) is 9.79 Å². The molecule has 0 bridgehead atoms. The van der Waals surface area contributed by atoms with Gasteiger partial charge in [0.1, 0.15) is 17.3 Å². The number of halogens is 3. The lowest BCUT2D eigenvalue weighted by atomic mass is 10.1. The molecule has 1 atom stereocenters. The van der Waals surface area contributed by atoms with Gasteiger partial charge in [-0.25, -0.2) is 8.78 Å². The molecule has 0 aliphatic carbocycles. The summed E-state index contributed by atoms with van der Waals surface area (Å²) in [5.74, 6) is -0.499. The SMILES string of the molecule is CCOC(=O)CCCCCCNC(=NC)NC1CCN(c2c(F)cccc2F)C1.I. The number of para-hydroxylation sites is 1. The Morgan fingerprint density at radius 3 is 2.60 bits per heavy atom. The molecule has 2 rings (SSSR count). The second-order valence-electron chi connectivity index (χ2n) is 7.11. The fraction of sp³-hybridized carbons (Fsp3) is 0.619. The summed E-state index contributed by atoms with van der Waals surface area (Å²) >= 11 is 0. The number of aliphatic imine (C=N–C) groups is 1. The van der Waals surface area contributed by atoms with Gasteiger partial charge in [0, 0.05) is 39.1 Å². The van der Waals surface area contributed by atoms with E-state index in [1.165, 1.54) is 18.2 Å². The molecule has 1 unspecified atom stereocenters. The third kappa shape index (κ3) is 8.61. The van der Waals surface area contributed by atoms with Crippen molar-refractivity contribution in [3.05, 3.63) is 29.8 Å². The summed E-state index contributed by atoms with van der Waals surface area (Å²) in [6, 6.07) is 4.02. The normalized spacial score (nSPS) is 16.2. The van der Waals surface area contributed by atoms with Gasteiger partial charge in [-0.05, 0) is 38.3 Å². The van der Waals surface area contributed by atoms with Crippen LogP contribution < -0.4 is 15.5 Å². The summed E-state index contributed by atoms with van der Waals surface area (Å²) < 4.78 is 32.8. The van der Waals surface area contributed by atoms with Crippen molar-refractivity contribution < 1.29 is 18.3 Å². The van der Waals surface area contributed by atoms with E-state index in [4.69, 9.17) is 4.74 Å². The van der Waals surface area contributed by atoms with Crippen molar-refractivity contribution in [2.75, 3.05) is 38.2 Å². The summed E-state index contributed by atoms with van der Waals surface area (Å²) in [6.07, 6.45) is 5.08. The largest absolute Gasteiger partial charge is 0.466 e. The van der Waals surface area contributed by atoms with Crippen LogP contribution in [0.3, 0.4) is 0 Å². The van der Waals surface area contributed by atoms with Gasteiger partial charge >= 0.3 is 5.97 Å². The van der Waals surface area contributed by atoms with E-state index >= 15 is 0 Å². The predicted molar refractivity (Wildman–Crippen MR) is 127 cm³/mol. The first kappa shape index (κ1) is 26.4. The Labute approximate surface area is 194 Å². The van der Waals surface area contributed by atoms with Crippen molar-refractivity contribution in [1.29, 1.82) is 0 Å². The van der Waals surface area contributed by atoms with Gasteiger partial charge in [0.05, 0.1) is 6.61 Å². The topological polar surface area (TPSA) is 66.0 Å². The molecular weight excluding hydrogens is 505 g/mol. The average molecular weight is 538 g/mol. The minimum Gasteiger partial charge on any atom is -0.466 e. The minimum absolute atomic E-state index is 0. The molecule has 1 aromatic carbocycles. The highest BCUT2D eigenvalue weighted by atomic mass is 127. The van der Waals surface area contributed by atoms with E-state index in [1.807, 2.05) is 6.92 Å². The van der Waals surface area contributed by atoms with Crippen LogP contribution in [-0.2, 0) is 9.53 Å². The molecule has 1 fully saturated rings. The summed E-state index contributed by atoms with van der Waals surface area (Å²) in [5.41, 5.74) is 0.0440. The maximum Gasteiger partial charge on any atom is 0.305 e. The first-order valence-electron chi connectivity index (χ1n) is 10.4. The fourth-order valence-corrected chi connectivity index (χ4v) is 3.45. The zero-order chi connectivity index (χ0) is 21.1. The number of esters is 1. The van der Waals surface area contributed by atoms with Crippen LogP contribution in [-0.4, -0.2) is 51.3 Å². The van der Waals surface area contributed by atoms with E-state index in [1.54, 1.807) is 11.9 Å². The second kappa shape index (κ2) is 14.4. The molecular formula is C21H33F2IN4O2.